The van der Waals surface area contributed by atoms with Gasteiger partial charge >= 0.3 is 0 Å². The van der Waals surface area contributed by atoms with Crippen LogP contribution in [0.25, 0.3) is 5.52 Å². The van der Waals surface area contributed by atoms with E-state index in [0.29, 0.717) is 24.3 Å². The summed E-state index contributed by atoms with van der Waals surface area (Å²) < 4.78 is 1.69. The number of rotatable bonds is 6. The first-order valence-corrected chi connectivity index (χ1v) is 8.10. The van der Waals surface area contributed by atoms with Crippen LogP contribution >= 0.6 is 0 Å². The second kappa shape index (κ2) is 7.26. The Hall–Kier alpha value is -2.37. The number of hydrogen-bond acceptors (Lipinski definition) is 3. The average Bonchev–Trinajstić information content (AvgIpc) is 2.95. The van der Waals surface area contributed by atoms with Gasteiger partial charge in [0, 0.05) is 25.3 Å². The Kier molecular flexibility index (Phi) is 5.36. The van der Waals surface area contributed by atoms with E-state index in [9.17, 15) is 9.59 Å². The summed E-state index contributed by atoms with van der Waals surface area (Å²) in [4.78, 5) is 31.2. The van der Waals surface area contributed by atoms with Crippen molar-refractivity contribution in [1.82, 2.24) is 19.6 Å². The van der Waals surface area contributed by atoms with E-state index in [1.54, 1.807) is 21.6 Å². The van der Waals surface area contributed by atoms with Crippen LogP contribution in [0.1, 0.15) is 55.2 Å². The summed E-state index contributed by atoms with van der Waals surface area (Å²) in [6.45, 7) is 9.00. The summed E-state index contributed by atoms with van der Waals surface area (Å²) in [5.74, 6) is -0.140. The summed E-state index contributed by atoms with van der Waals surface area (Å²) in [5.41, 5.74) is 0.935. The molecular formula is C17H24N4O2. The van der Waals surface area contributed by atoms with Crippen molar-refractivity contribution >= 4 is 17.3 Å². The number of aromatic nitrogens is 2. The van der Waals surface area contributed by atoms with E-state index in [1.807, 2.05) is 39.8 Å². The molecular weight excluding hydrogens is 292 g/mol. The van der Waals surface area contributed by atoms with Gasteiger partial charge in [-0.3, -0.25) is 14.0 Å². The van der Waals surface area contributed by atoms with Crippen LogP contribution in [0.4, 0.5) is 0 Å². The fourth-order valence-corrected chi connectivity index (χ4v) is 2.40. The van der Waals surface area contributed by atoms with Crippen LogP contribution in [0, 0.1) is 0 Å². The van der Waals surface area contributed by atoms with E-state index >= 15 is 0 Å². The molecule has 6 heteroatoms. The lowest BCUT2D eigenvalue weighted by Gasteiger charge is -2.17. The molecule has 0 aromatic carbocycles. The van der Waals surface area contributed by atoms with Gasteiger partial charge in [0.1, 0.15) is 0 Å². The molecule has 1 atom stereocenters. The Morgan fingerprint density at radius 3 is 2.57 bits per heavy atom. The van der Waals surface area contributed by atoms with Crippen molar-refractivity contribution in [1.29, 1.82) is 0 Å². The van der Waals surface area contributed by atoms with Gasteiger partial charge in [0.2, 0.25) is 5.82 Å². The molecule has 23 heavy (non-hydrogen) atoms. The molecule has 0 fully saturated rings. The van der Waals surface area contributed by atoms with Gasteiger partial charge in [-0.05, 0) is 39.3 Å². The highest BCUT2D eigenvalue weighted by Gasteiger charge is 2.24. The highest BCUT2D eigenvalue weighted by atomic mass is 16.2. The topological polar surface area (TPSA) is 66.7 Å². The molecule has 0 radical (unpaired) electrons. The summed E-state index contributed by atoms with van der Waals surface area (Å²) in [5, 5.41) is 2.91. The van der Waals surface area contributed by atoms with E-state index < -0.39 is 0 Å². The van der Waals surface area contributed by atoms with Crippen LogP contribution in [-0.2, 0) is 0 Å². The van der Waals surface area contributed by atoms with Crippen LogP contribution in [0.2, 0.25) is 0 Å². The minimum absolute atomic E-state index is 0.0601. The van der Waals surface area contributed by atoms with Crippen molar-refractivity contribution in [2.24, 2.45) is 0 Å². The molecule has 6 nitrogen and oxygen atoms in total. The van der Waals surface area contributed by atoms with Gasteiger partial charge in [0.25, 0.3) is 11.8 Å². The maximum absolute atomic E-state index is 12.6. The lowest BCUT2D eigenvalue weighted by Crippen LogP contribution is -2.33. The smallest absolute Gasteiger partial charge is 0.290 e. The number of hydrogen-bond donors (Lipinski definition) is 1. The molecule has 0 saturated carbocycles. The first-order valence-electron chi connectivity index (χ1n) is 8.10. The van der Waals surface area contributed by atoms with Crippen LogP contribution < -0.4 is 5.32 Å². The normalized spacial score (nSPS) is 12.2. The zero-order valence-corrected chi connectivity index (χ0v) is 14.2. The molecule has 2 amide bonds. The zero-order chi connectivity index (χ0) is 17.0. The average molecular weight is 316 g/mol. The van der Waals surface area contributed by atoms with Gasteiger partial charge in [-0.15, -0.1) is 0 Å². The second-order valence-corrected chi connectivity index (χ2v) is 5.50. The Balaban J connectivity index is 2.48. The molecule has 0 spiro atoms. The van der Waals surface area contributed by atoms with Crippen LogP contribution in [0.5, 0.6) is 0 Å². The Morgan fingerprint density at radius 2 is 1.96 bits per heavy atom. The van der Waals surface area contributed by atoms with Crippen molar-refractivity contribution < 1.29 is 9.59 Å². The molecule has 0 aliphatic heterocycles. The SMILES string of the molecule is CCC(C)NC(=O)c1nc(C(=O)N(CC)CC)n2ccccc12. The predicted octanol–water partition coefficient (Wildman–Crippen LogP) is 2.34. The summed E-state index contributed by atoms with van der Waals surface area (Å²) in [7, 11) is 0. The number of carbonyl (C=O) groups is 2. The summed E-state index contributed by atoms with van der Waals surface area (Å²) in [6.07, 6.45) is 2.60. The maximum Gasteiger partial charge on any atom is 0.290 e. The van der Waals surface area contributed by atoms with Gasteiger partial charge in [0.05, 0.1) is 5.52 Å². The van der Waals surface area contributed by atoms with Crippen molar-refractivity contribution in [3.05, 3.63) is 35.9 Å². The maximum atomic E-state index is 12.6. The largest absolute Gasteiger partial charge is 0.348 e. The fraction of sp³-hybridized carbons (Fsp3) is 0.471. The zero-order valence-electron chi connectivity index (χ0n) is 14.2. The molecule has 1 unspecified atom stereocenters. The van der Waals surface area contributed by atoms with Crippen molar-refractivity contribution in [3.63, 3.8) is 0 Å². The van der Waals surface area contributed by atoms with Gasteiger partial charge in [-0.1, -0.05) is 13.0 Å². The number of fused-ring (bicyclic) bond motifs is 1. The van der Waals surface area contributed by atoms with Crippen molar-refractivity contribution in [3.8, 4) is 0 Å². The van der Waals surface area contributed by atoms with E-state index in [0.717, 1.165) is 6.42 Å². The molecule has 2 heterocycles. The van der Waals surface area contributed by atoms with Crippen LogP contribution in [0.15, 0.2) is 24.4 Å². The minimum Gasteiger partial charge on any atom is -0.348 e. The van der Waals surface area contributed by atoms with Gasteiger partial charge in [-0.25, -0.2) is 4.98 Å². The Morgan fingerprint density at radius 1 is 1.26 bits per heavy atom. The predicted molar refractivity (Wildman–Crippen MR) is 89.7 cm³/mol. The van der Waals surface area contributed by atoms with Gasteiger partial charge in [0.15, 0.2) is 5.69 Å². The molecule has 0 aliphatic rings. The monoisotopic (exact) mass is 316 g/mol. The van der Waals surface area contributed by atoms with E-state index in [1.165, 1.54) is 0 Å². The number of amides is 2. The number of pyridine rings is 1. The van der Waals surface area contributed by atoms with Crippen LogP contribution in [0.3, 0.4) is 0 Å². The minimum atomic E-state index is -0.248. The molecule has 1 N–H and O–H groups in total. The number of carbonyl (C=O) groups excluding carboxylic acids is 2. The number of nitrogens with one attached hydrogen (secondary N) is 1. The van der Waals surface area contributed by atoms with Crippen molar-refractivity contribution in [2.75, 3.05) is 13.1 Å². The second-order valence-electron chi connectivity index (χ2n) is 5.50. The summed E-state index contributed by atoms with van der Waals surface area (Å²) >= 11 is 0. The number of nitrogens with zero attached hydrogens (tertiary/aromatic N) is 3. The van der Waals surface area contributed by atoms with Gasteiger partial charge < -0.3 is 10.2 Å². The van der Waals surface area contributed by atoms with E-state index in [-0.39, 0.29) is 23.7 Å². The molecule has 2 aromatic rings. The molecule has 2 aromatic heterocycles. The van der Waals surface area contributed by atoms with Crippen LogP contribution in [-0.4, -0.2) is 45.2 Å². The molecule has 0 bridgehead atoms. The molecule has 2 rings (SSSR count). The fourth-order valence-electron chi connectivity index (χ4n) is 2.40. The number of imidazole rings is 1. The van der Waals surface area contributed by atoms with E-state index in [4.69, 9.17) is 0 Å². The molecule has 0 saturated heterocycles. The van der Waals surface area contributed by atoms with Gasteiger partial charge in [-0.2, -0.15) is 0 Å². The molecule has 0 aliphatic carbocycles. The Labute approximate surface area is 136 Å². The standard InChI is InChI=1S/C17H24N4O2/c1-5-12(4)18-16(22)14-13-10-8-9-11-21(13)15(19-14)17(23)20(6-2)7-3/h8-12H,5-7H2,1-4H3,(H,18,22). The van der Waals surface area contributed by atoms with Crippen molar-refractivity contribution in [2.45, 2.75) is 40.2 Å². The summed E-state index contributed by atoms with van der Waals surface area (Å²) in [6, 6.07) is 5.52. The Bertz CT molecular complexity index is 704. The highest BCUT2D eigenvalue weighted by Crippen LogP contribution is 2.15. The third-order valence-corrected chi connectivity index (χ3v) is 4.00. The third-order valence-electron chi connectivity index (χ3n) is 4.00. The van der Waals surface area contributed by atoms with E-state index in [2.05, 4.69) is 10.3 Å². The first-order chi connectivity index (χ1) is 11.0. The highest BCUT2D eigenvalue weighted by molar-refractivity contribution is 6.02. The first kappa shape index (κ1) is 17.0. The third kappa shape index (κ3) is 3.36. The lowest BCUT2D eigenvalue weighted by atomic mass is 10.2. The molecule has 124 valence electrons. The quantitative estimate of drug-likeness (QED) is 0.889. The lowest BCUT2D eigenvalue weighted by molar-refractivity contribution is 0.0760.